The average molecular weight is 214 g/mol. The number of hydrogen-bond acceptors (Lipinski definition) is 3. The summed E-state index contributed by atoms with van der Waals surface area (Å²) in [7, 11) is -3.51. The summed E-state index contributed by atoms with van der Waals surface area (Å²) >= 11 is 0. The maximum atomic E-state index is 11.4. The number of sulfone groups is 1. The number of hydrogen-bond donors (Lipinski definition) is 1. The van der Waals surface area contributed by atoms with E-state index in [9.17, 15) is 13.5 Å². The van der Waals surface area contributed by atoms with Crippen LogP contribution in [-0.2, 0) is 14.8 Å². The summed E-state index contributed by atoms with van der Waals surface area (Å²) in [6.45, 7) is 1.65. The van der Waals surface area contributed by atoms with Crippen molar-refractivity contribution < 1.29 is 13.5 Å². The van der Waals surface area contributed by atoms with Crippen LogP contribution in [0.5, 0.6) is 0 Å². The lowest BCUT2D eigenvalue weighted by molar-refractivity contribution is 0.120. The lowest BCUT2D eigenvalue weighted by Gasteiger charge is -2.24. The molecule has 1 unspecified atom stereocenters. The molecule has 3 nitrogen and oxygen atoms in total. The molecule has 0 heterocycles. The third-order valence-corrected chi connectivity index (χ3v) is 4.07. The van der Waals surface area contributed by atoms with Crippen molar-refractivity contribution in [3.05, 3.63) is 35.9 Å². The molecule has 0 aliphatic rings. The van der Waals surface area contributed by atoms with Crippen LogP contribution in [0.4, 0.5) is 0 Å². The predicted octanol–water partition coefficient (Wildman–Crippen LogP) is 1.29. The standard InChI is InChI=1S/C10H14O3S/c1-3-10(11,14(2,12)13)9-7-5-4-6-8-9/h4-8,11H,3H2,1-2H3. The van der Waals surface area contributed by atoms with Crippen molar-refractivity contribution >= 4 is 9.84 Å². The van der Waals surface area contributed by atoms with Gasteiger partial charge in [0.1, 0.15) is 0 Å². The lowest BCUT2D eigenvalue weighted by atomic mass is 10.1. The highest BCUT2D eigenvalue weighted by Crippen LogP contribution is 2.29. The highest BCUT2D eigenvalue weighted by Gasteiger charge is 2.38. The molecule has 1 aromatic rings. The van der Waals surface area contributed by atoms with Crippen LogP contribution in [-0.4, -0.2) is 19.8 Å². The summed E-state index contributed by atoms with van der Waals surface area (Å²) in [5.74, 6) is 0. The van der Waals surface area contributed by atoms with Gasteiger partial charge in [0.2, 0.25) is 0 Å². The van der Waals surface area contributed by atoms with Gasteiger partial charge < -0.3 is 5.11 Å². The molecule has 0 aromatic heterocycles. The second kappa shape index (κ2) is 3.71. The summed E-state index contributed by atoms with van der Waals surface area (Å²) in [6, 6.07) is 8.43. The molecule has 0 amide bonds. The summed E-state index contributed by atoms with van der Waals surface area (Å²) in [5, 5.41) is 10.0. The Balaban J connectivity index is 3.30. The maximum absolute atomic E-state index is 11.4. The van der Waals surface area contributed by atoms with Gasteiger partial charge in [-0.25, -0.2) is 8.42 Å². The van der Waals surface area contributed by atoms with E-state index >= 15 is 0 Å². The Kier molecular flexibility index (Phi) is 2.97. The Morgan fingerprint density at radius 1 is 1.29 bits per heavy atom. The minimum atomic E-state index is -3.51. The molecular formula is C10H14O3S. The molecule has 0 radical (unpaired) electrons. The molecule has 14 heavy (non-hydrogen) atoms. The Bertz CT molecular complexity index is 397. The molecule has 1 N–H and O–H groups in total. The second-order valence-corrected chi connectivity index (χ2v) is 5.50. The number of aliphatic hydroxyl groups is 1. The fourth-order valence-electron chi connectivity index (χ4n) is 1.38. The monoisotopic (exact) mass is 214 g/mol. The van der Waals surface area contributed by atoms with Crippen LogP contribution in [0.25, 0.3) is 0 Å². The van der Waals surface area contributed by atoms with Crippen LogP contribution >= 0.6 is 0 Å². The van der Waals surface area contributed by atoms with E-state index in [0.717, 1.165) is 6.26 Å². The molecule has 1 aromatic carbocycles. The van der Waals surface area contributed by atoms with Crippen molar-refractivity contribution in [2.45, 2.75) is 18.3 Å². The van der Waals surface area contributed by atoms with Gasteiger partial charge in [-0.1, -0.05) is 37.3 Å². The molecule has 0 saturated heterocycles. The van der Waals surface area contributed by atoms with Gasteiger partial charge in [0.15, 0.2) is 14.8 Å². The molecule has 78 valence electrons. The Labute approximate surface area is 84.3 Å². The molecule has 1 rings (SSSR count). The third-order valence-electron chi connectivity index (χ3n) is 2.32. The summed E-state index contributed by atoms with van der Waals surface area (Å²) in [5.41, 5.74) is 0.421. The van der Waals surface area contributed by atoms with E-state index in [0.29, 0.717) is 5.56 Å². The van der Waals surface area contributed by atoms with Gasteiger partial charge in [0.25, 0.3) is 0 Å². The quantitative estimate of drug-likeness (QED) is 0.824. The van der Waals surface area contributed by atoms with Crippen molar-refractivity contribution in [2.24, 2.45) is 0 Å². The zero-order chi connectivity index (χ0) is 10.8. The van der Waals surface area contributed by atoms with Gasteiger partial charge in [-0.2, -0.15) is 0 Å². The fraction of sp³-hybridized carbons (Fsp3) is 0.400. The predicted molar refractivity (Wildman–Crippen MR) is 55.5 cm³/mol. The molecule has 0 aliphatic carbocycles. The molecule has 1 atom stereocenters. The van der Waals surface area contributed by atoms with Crippen molar-refractivity contribution in [1.29, 1.82) is 0 Å². The van der Waals surface area contributed by atoms with Gasteiger partial charge in [0, 0.05) is 6.26 Å². The Hall–Kier alpha value is -0.870. The van der Waals surface area contributed by atoms with E-state index in [2.05, 4.69) is 0 Å². The fourth-order valence-corrected chi connectivity index (χ4v) is 2.47. The molecule has 0 aliphatic heterocycles. The maximum Gasteiger partial charge on any atom is 0.191 e. The topological polar surface area (TPSA) is 54.4 Å². The number of rotatable bonds is 3. The van der Waals surface area contributed by atoms with Gasteiger partial charge in [-0.05, 0) is 12.0 Å². The molecule has 0 saturated carbocycles. The SMILES string of the molecule is CCC(O)(c1ccccc1)S(C)(=O)=O. The Morgan fingerprint density at radius 2 is 1.79 bits per heavy atom. The van der Waals surface area contributed by atoms with Crippen molar-refractivity contribution in [2.75, 3.05) is 6.26 Å². The van der Waals surface area contributed by atoms with E-state index in [4.69, 9.17) is 0 Å². The highest BCUT2D eigenvalue weighted by molar-refractivity contribution is 7.91. The summed E-state index contributed by atoms with van der Waals surface area (Å²) < 4.78 is 22.9. The Morgan fingerprint density at radius 3 is 2.14 bits per heavy atom. The van der Waals surface area contributed by atoms with Crippen LogP contribution in [0.2, 0.25) is 0 Å². The zero-order valence-electron chi connectivity index (χ0n) is 8.27. The van der Waals surface area contributed by atoms with Crippen LogP contribution in [0.1, 0.15) is 18.9 Å². The van der Waals surface area contributed by atoms with Gasteiger partial charge >= 0.3 is 0 Å². The first-order valence-corrected chi connectivity index (χ1v) is 6.28. The zero-order valence-corrected chi connectivity index (χ0v) is 9.08. The van der Waals surface area contributed by atoms with Crippen molar-refractivity contribution in [3.8, 4) is 0 Å². The minimum Gasteiger partial charge on any atom is -0.371 e. The number of benzene rings is 1. The first-order valence-electron chi connectivity index (χ1n) is 4.39. The molecule has 4 heteroatoms. The highest BCUT2D eigenvalue weighted by atomic mass is 32.2. The van der Waals surface area contributed by atoms with Gasteiger partial charge in [0.05, 0.1) is 0 Å². The van der Waals surface area contributed by atoms with Crippen molar-refractivity contribution in [1.82, 2.24) is 0 Å². The van der Waals surface area contributed by atoms with E-state index in [1.165, 1.54) is 0 Å². The minimum absolute atomic E-state index is 0.149. The smallest absolute Gasteiger partial charge is 0.191 e. The van der Waals surface area contributed by atoms with Crippen molar-refractivity contribution in [3.63, 3.8) is 0 Å². The van der Waals surface area contributed by atoms with E-state index in [1.807, 2.05) is 0 Å². The first-order chi connectivity index (χ1) is 6.42. The summed E-state index contributed by atoms with van der Waals surface area (Å²) in [6.07, 6.45) is 1.19. The molecule has 0 fully saturated rings. The molecule has 0 spiro atoms. The largest absolute Gasteiger partial charge is 0.371 e. The van der Waals surface area contributed by atoms with Gasteiger partial charge in [-0.15, -0.1) is 0 Å². The van der Waals surface area contributed by atoms with Crippen LogP contribution in [0, 0.1) is 0 Å². The third kappa shape index (κ3) is 1.81. The summed E-state index contributed by atoms with van der Waals surface area (Å²) in [4.78, 5) is -1.76. The molecular weight excluding hydrogens is 200 g/mol. The lowest BCUT2D eigenvalue weighted by Crippen LogP contribution is -2.34. The van der Waals surface area contributed by atoms with E-state index in [-0.39, 0.29) is 6.42 Å². The van der Waals surface area contributed by atoms with Crippen LogP contribution in [0.3, 0.4) is 0 Å². The first kappa shape index (κ1) is 11.2. The van der Waals surface area contributed by atoms with E-state index in [1.54, 1.807) is 37.3 Å². The van der Waals surface area contributed by atoms with Crippen LogP contribution < -0.4 is 0 Å². The molecule has 0 bridgehead atoms. The normalized spacial score (nSPS) is 16.2. The van der Waals surface area contributed by atoms with Crippen LogP contribution in [0.15, 0.2) is 30.3 Å². The van der Waals surface area contributed by atoms with E-state index < -0.39 is 14.8 Å². The van der Waals surface area contributed by atoms with Gasteiger partial charge in [-0.3, -0.25) is 0 Å². The second-order valence-electron chi connectivity index (χ2n) is 3.28. The average Bonchev–Trinajstić information content (AvgIpc) is 2.16.